The lowest BCUT2D eigenvalue weighted by Gasteiger charge is -2.49. The Morgan fingerprint density at radius 1 is 0.898 bits per heavy atom. The van der Waals surface area contributed by atoms with Gasteiger partial charge in [-0.25, -0.2) is 4.79 Å². The van der Waals surface area contributed by atoms with E-state index in [1.165, 1.54) is 21.0 Å². The van der Waals surface area contributed by atoms with E-state index in [9.17, 15) is 45.0 Å². The Bertz CT molecular complexity index is 1090. The van der Waals surface area contributed by atoms with E-state index >= 15 is 0 Å². The summed E-state index contributed by atoms with van der Waals surface area (Å²) in [5.41, 5.74) is 0. The van der Waals surface area contributed by atoms with Gasteiger partial charge in [-0.1, -0.05) is 45.4 Å². The molecule has 16 nitrogen and oxygen atoms in total. The molecule has 4 aliphatic rings. The van der Waals surface area contributed by atoms with Gasteiger partial charge in [0, 0.05) is 6.92 Å². The highest BCUT2D eigenvalue weighted by Gasteiger charge is 2.53. The number of aliphatic hydroxyl groups excluding tert-OH is 5. The normalized spacial score (nSPS) is 41.1. The van der Waals surface area contributed by atoms with E-state index in [0.717, 1.165) is 32.1 Å². The Labute approximate surface area is 286 Å². The predicted molar refractivity (Wildman–Crippen MR) is 167 cm³/mol. The van der Waals surface area contributed by atoms with E-state index < -0.39 is 110 Å². The number of methoxy groups -OCH3 is 1. The monoisotopic (exact) mass is 705 g/mol. The average molecular weight is 706 g/mol. The lowest BCUT2D eigenvalue weighted by atomic mass is 9.76. The molecule has 0 aromatic heterocycles. The minimum absolute atomic E-state index is 0.0291. The summed E-state index contributed by atoms with van der Waals surface area (Å²) in [6.45, 7) is 3.92. The van der Waals surface area contributed by atoms with Crippen molar-refractivity contribution in [2.45, 2.75) is 158 Å². The molecular weight excluding hydrogens is 650 g/mol. The van der Waals surface area contributed by atoms with Crippen LogP contribution in [0, 0.1) is 17.8 Å². The van der Waals surface area contributed by atoms with E-state index in [1.807, 2.05) is 6.92 Å². The van der Waals surface area contributed by atoms with Gasteiger partial charge >= 0.3 is 11.9 Å². The molecule has 2 saturated carbocycles. The molecule has 2 aliphatic heterocycles. The second-order valence-corrected chi connectivity index (χ2v) is 13.9. The molecule has 16 heteroatoms. The molecule has 0 spiro atoms. The van der Waals surface area contributed by atoms with Crippen LogP contribution in [-0.2, 0) is 42.8 Å². The first-order chi connectivity index (χ1) is 23.3. The number of carboxylic acids is 1. The molecule has 1 amide bonds. The summed E-state index contributed by atoms with van der Waals surface area (Å²) in [6.07, 6.45) is -9.97. The number of carbonyl (C=O) groups is 3. The van der Waals surface area contributed by atoms with Crippen LogP contribution in [-0.4, -0.2) is 142 Å². The van der Waals surface area contributed by atoms with Gasteiger partial charge in [0.25, 0.3) is 0 Å². The van der Waals surface area contributed by atoms with Crippen LogP contribution in [0.5, 0.6) is 0 Å². The topological polar surface area (TPSA) is 240 Å². The lowest BCUT2D eigenvalue weighted by molar-refractivity contribution is -0.338. The van der Waals surface area contributed by atoms with E-state index in [1.54, 1.807) is 0 Å². The molecule has 0 aromatic carbocycles. The van der Waals surface area contributed by atoms with Crippen LogP contribution in [0.15, 0.2) is 0 Å². The molecule has 0 radical (unpaired) electrons. The van der Waals surface area contributed by atoms with Gasteiger partial charge in [-0.05, 0) is 38.0 Å². The predicted octanol–water partition coefficient (Wildman–Crippen LogP) is -0.415. The fraction of sp³-hybridized carbons (Fsp3) is 0.909. The van der Waals surface area contributed by atoms with Crippen LogP contribution in [0.4, 0.5) is 0 Å². The Balaban J connectivity index is 1.65. The molecule has 0 bridgehead atoms. The molecule has 6 unspecified atom stereocenters. The molecular formula is C33H55NO15. The highest BCUT2D eigenvalue weighted by molar-refractivity contribution is 5.74. The van der Waals surface area contributed by atoms with Crippen LogP contribution >= 0.6 is 0 Å². The number of ether oxygens (including phenoxy) is 6. The molecule has 0 aromatic rings. The minimum Gasteiger partial charge on any atom is -0.479 e. The van der Waals surface area contributed by atoms with Crippen LogP contribution < -0.4 is 5.32 Å². The number of carbonyl (C=O) groups excluding carboxylic acids is 2. The number of aliphatic hydroxyl groups is 5. The van der Waals surface area contributed by atoms with Crippen molar-refractivity contribution < 1.29 is 73.4 Å². The van der Waals surface area contributed by atoms with E-state index in [2.05, 4.69) is 5.32 Å². The Morgan fingerprint density at radius 2 is 1.59 bits per heavy atom. The Kier molecular flexibility index (Phi) is 14.6. The Morgan fingerprint density at radius 3 is 2.18 bits per heavy atom. The second-order valence-electron chi connectivity index (χ2n) is 13.9. The van der Waals surface area contributed by atoms with Crippen molar-refractivity contribution in [3.63, 3.8) is 0 Å². The maximum atomic E-state index is 12.8. The largest absolute Gasteiger partial charge is 0.479 e. The third kappa shape index (κ3) is 9.67. The van der Waals surface area contributed by atoms with E-state index in [-0.39, 0.29) is 24.7 Å². The van der Waals surface area contributed by atoms with Gasteiger partial charge < -0.3 is 64.4 Å². The summed E-state index contributed by atoms with van der Waals surface area (Å²) < 4.78 is 35.6. The molecule has 2 heterocycles. The van der Waals surface area contributed by atoms with Crippen molar-refractivity contribution in [1.29, 1.82) is 0 Å². The number of esters is 1. The Hall–Kier alpha value is -1.99. The average Bonchev–Trinajstić information content (AvgIpc) is 3.08. The summed E-state index contributed by atoms with van der Waals surface area (Å²) in [6, 6.07) is -1.27. The zero-order valence-electron chi connectivity index (χ0n) is 28.7. The first kappa shape index (κ1) is 39.8. The van der Waals surface area contributed by atoms with E-state index in [4.69, 9.17) is 28.4 Å². The molecule has 2 aliphatic carbocycles. The summed E-state index contributed by atoms with van der Waals surface area (Å²) in [5, 5.41) is 65.7. The molecule has 15 atom stereocenters. The second kappa shape index (κ2) is 18.0. The van der Waals surface area contributed by atoms with Crippen molar-refractivity contribution in [2.24, 2.45) is 17.8 Å². The van der Waals surface area contributed by atoms with Gasteiger partial charge in [0.1, 0.15) is 42.7 Å². The van der Waals surface area contributed by atoms with Crippen molar-refractivity contribution in [3.05, 3.63) is 0 Å². The van der Waals surface area contributed by atoms with Crippen molar-refractivity contribution in [1.82, 2.24) is 5.32 Å². The van der Waals surface area contributed by atoms with Crippen molar-refractivity contribution in [3.8, 4) is 0 Å². The molecule has 282 valence electrons. The maximum absolute atomic E-state index is 12.8. The zero-order chi connectivity index (χ0) is 36.0. The number of rotatable bonds is 13. The summed E-state index contributed by atoms with van der Waals surface area (Å²) in [5.74, 6) is -3.20. The number of aliphatic carboxylic acids is 1. The number of nitrogens with one attached hydrogen (secondary N) is 1. The summed E-state index contributed by atoms with van der Waals surface area (Å²) in [7, 11) is 1.26. The summed E-state index contributed by atoms with van der Waals surface area (Å²) in [4.78, 5) is 37.8. The van der Waals surface area contributed by atoms with E-state index in [0.29, 0.717) is 12.8 Å². The van der Waals surface area contributed by atoms with Gasteiger partial charge in [-0.2, -0.15) is 0 Å². The van der Waals surface area contributed by atoms with Crippen LogP contribution in [0.1, 0.15) is 78.6 Å². The van der Waals surface area contributed by atoms with Crippen molar-refractivity contribution in [2.75, 3.05) is 13.7 Å². The first-order valence-corrected chi connectivity index (χ1v) is 17.5. The quantitative estimate of drug-likeness (QED) is 0.121. The number of hydrogen-bond donors (Lipinski definition) is 7. The number of amides is 1. The maximum Gasteiger partial charge on any atom is 0.332 e. The van der Waals surface area contributed by atoms with Crippen LogP contribution in [0.25, 0.3) is 0 Å². The van der Waals surface area contributed by atoms with Crippen LogP contribution in [0.2, 0.25) is 0 Å². The molecule has 2 saturated heterocycles. The first-order valence-electron chi connectivity index (χ1n) is 17.5. The minimum atomic E-state index is -1.62. The fourth-order valence-electron chi connectivity index (χ4n) is 7.72. The third-order valence-electron chi connectivity index (χ3n) is 10.5. The van der Waals surface area contributed by atoms with Gasteiger partial charge in [0.2, 0.25) is 5.91 Å². The molecule has 4 fully saturated rings. The number of carboxylic acid groups (broad SMARTS) is 1. The summed E-state index contributed by atoms with van der Waals surface area (Å²) >= 11 is 0. The van der Waals surface area contributed by atoms with Crippen molar-refractivity contribution >= 4 is 17.8 Å². The van der Waals surface area contributed by atoms with Crippen LogP contribution in [0.3, 0.4) is 0 Å². The van der Waals surface area contributed by atoms with Gasteiger partial charge in [-0.3, -0.25) is 9.59 Å². The standard InChI is InChI=1S/C33H55NO15/c1-5-18-12-19(31(43)44-4)13-20(28(18)49-33-27(40)26(39)24(37)15(2)45-33)47-32-23(34-16(3)36)29(25(38)22(14-35)48-32)46-21(30(41)42)11-17-9-7-6-8-10-17/h15,17-29,32-33,35,37-40H,5-14H2,1-4H3,(H,34,36)(H,41,42)/t15-,18+,19?,20+,21-,22-,23?,24?,25-,26-,27-,28?,29?,32+,33?/m0/s1. The fourth-order valence-corrected chi connectivity index (χ4v) is 7.72. The number of hydrogen-bond acceptors (Lipinski definition) is 14. The highest BCUT2D eigenvalue weighted by atomic mass is 16.7. The molecule has 4 rings (SSSR count). The highest BCUT2D eigenvalue weighted by Crippen LogP contribution is 2.40. The SMILES string of the molecule is CC[C@@H]1CC(C(=O)OC)C[C@@H](O[C@@H]2O[C@@H](CO)[C@H](O)C(O[C@@H](CC3CCCCC3)C(=O)O)C2NC(C)=O)C1OC1O[C@@H](C)C(O)[C@H](O)[C@@H]1O. The van der Waals surface area contributed by atoms with Gasteiger partial charge in [-0.15, -0.1) is 0 Å². The zero-order valence-corrected chi connectivity index (χ0v) is 28.7. The lowest BCUT2D eigenvalue weighted by Crippen LogP contribution is -2.67. The molecule has 7 N–H and O–H groups in total. The third-order valence-corrected chi connectivity index (χ3v) is 10.5. The molecule has 49 heavy (non-hydrogen) atoms. The smallest absolute Gasteiger partial charge is 0.332 e. The van der Waals surface area contributed by atoms with Gasteiger partial charge in [0.15, 0.2) is 18.7 Å². The van der Waals surface area contributed by atoms with Gasteiger partial charge in [0.05, 0.1) is 37.9 Å².